The van der Waals surface area contributed by atoms with E-state index in [9.17, 15) is 52.7 Å². The van der Waals surface area contributed by atoms with Crippen molar-refractivity contribution in [3.63, 3.8) is 0 Å². The lowest BCUT2D eigenvalue weighted by molar-refractivity contribution is -0.429. The zero-order valence-electron chi connectivity index (χ0n) is 20.9. The molecule has 222 valence electrons. The Kier molecular flexibility index (Phi) is 7.67. The highest BCUT2D eigenvalue weighted by atomic mass is 19.4. The van der Waals surface area contributed by atoms with Gasteiger partial charge < -0.3 is 0 Å². The molecule has 0 unspecified atom stereocenters. The van der Waals surface area contributed by atoms with Crippen LogP contribution in [0.4, 0.5) is 52.7 Å². The SMILES string of the molecule is FC(F)(c1ccc(-c2ccccc2)cc1)C(F)(F)C(F)(F)C(F)(F)C(F)(F)C(F)(F)c1ccc(-c2ccccc2)cc1. The minimum Gasteiger partial charge on any atom is -0.194 e. The van der Waals surface area contributed by atoms with Crippen molar-refractivity contribution in [1.29, 1.82) is 0 Å². The second-order valence-corrected chi connectivity index (χ2v) is 9.33. The molecule has 0 aromatic heterocycles. The number of hydrogen-bond acceptors (Lipinski definition) is 0. The molecule has 0 aliphatic heterocycles. The Morgan fingerprint density at radius 1 is 0.262 bits per heavy atom. The fraction of sp³-hybridized carbons (Fsp3) is 0.200. The molecule has 0 atom stereocenters. The maximum atomic E-state index is 14.7. The fourth-order valence-electron chi connectivity index (χ4n) is 4.16. The first-order valence-electron chi connectivity index (χ1n) is 12.0. The van der Waals surface area contributed by atoms with E-state index in [2.05, 4.69) is 0 Å². The summed E-state index contributed by atoms with van der Waals surface area (Å²) in [6.07, 6.45) is 0. The monoisotopic (exact) mass is 606 g/mol. The molecule has 0 spiro atoms. The van der Waals surface area contributed by atoms with E-state index >= 15 is 0 Å². The van der Waals surface area contributed by atoms with Gasteiger partial charge in [-0.15, -0.1) is 0 Å². The van der Waals surface area contributed by atoms with Crippen molar-refractivity contribution in [2.24, 2.45) is 0 Å². The zero-order chi connectivity index (χ0) is 31.2. The van der Waals surface area contributed by atoms with E-state index in [1.807, 2.05) is 0 Å². The Morgan fingerprint density at radius 2 is 0.500 bits per heavy atom. The fourth-order valence-corrected chi connectivity index (χ4v) is 4.16. The first-order valence-corrected chi connectivity index (χ1v) is 12.0. The Bertz CT molecular complexity index is 1380. The molecule has 0 saturated heterocycles. The molecule has 0 nitrogen and oxygen atoms in total. The first kappa shape index (κ1) is 31.0. The van der Waals surface area contributed by atoms with E-state index < -0.39 is 46.7 Å². The number of rotatable bonds is 9. The van der Waals surface area contributed by atoms with Gasteiger partial charge in [0.2, 0.25) is 0 Å². The summed E-state index contributed by atoms with van der Waals surface area (Å²) >= 11 is 0. The lowest BCUT2D eigenvalue weighted by Gasteiger charge is -2.41. The van der Waals surface area contributed by atoms with Crippen LogP contribution in [0, 0.1) is 0 Å². The van der Waals surface area contributed by atoms with Gasteiger partial charge in [0.05, 0.1) is 0 Å². The minimum atomic E-state index is -7.67. The minimum absolute atomic E-state index is 0.139. The van der Waals surface area contributed by atoms with Gasteiger partial charge in [-0.25, -0.2) is 0 Å². The van der Waals surface area contributed by atoms with Gasteiger partial charge in [0.15, 0.2) is 0 Å². The van der Waals surface area contributed by atoms with Crippen LogP contribution in [-0.4, -0.2) is 23.7 Å². The van der Waals surface area contributed by atoms with Crippen LogP contribution in [0.3, 0.4) is 0 Å². The Hall–Kier alpha value is -3.96. The van der Waals surface area contributed by atoms with Crippen molar-refractivity contribution in [2.45, 2.75) is 35.5 Å². The summed E-state index contributed by atoms with van der Waals surface area (Å²) in [4.78, 5) is 0. The summed E-state index contributed by atoms with van der Waals surface area (Å²) in [5.74, 6) is -42.2. The summed E-state index contributed by atoms with van der Waals surface area (Å²) in [6, 6.07) is 19.2. The quantitative estimate of drug-likeness (QED) is 0.166. The topological polar surface area (TPSA) is 0 Å². The normalized spacial score (nSPS) is 13.7. The number of benzene rings is 4. The van der Waals surface area contributed by atoms with Crippen LogP contribution in [0.1, 0.15) is 11.1 Å². The molecule has 42 heavy (non-hydrogen) atoms. The van der Waals surface area contributed by atoms with Crippen molar-refractivity contribution in [3.05, 3.63) is 120 Å². The molecule has 12 heteroatoms. The van der Waals surface area contributed by atoms with Crippen molar-refractivity contribution >= 4 is 0 Å². The van der Waals surface area contributed by atoms with Crippen LogP contribution >= 0.6 is 0 Å². The largest absolute Gasteiger partial charge is 0.385 e. The number of alkyl halides is 12. The van der Waals surface area contributed by atoms with E-state index in [-0.39, 0.29) is 35.4 Å². The second kappa shape index (κ2) is 10.4. The smallest absolute Gasteiger partial charge is 0.194 e. The third-order valence-electron chi connectivity index (χ3n) is 6.68. The zero-order valence-corrected chi connectivity index (χ0v) is 20.9. The molecule has 0 aliphatic rings. The van der Waals surface area contributed by atoms with Gasteiger partial charge in [-0.05, 0) is 22.3 Å². The predicted molar refractivity (Wildman–Crippen MR) is 131 cm³/mol. The molecule has 4 aromatic carbocycles. The van der Waals surface area contributed by atoms with Crippen molar-refractivity contribution in [1.82, 2.24) is 0 Å². The standard InChI is InChI=1S/C30H18F12/c31-25(32,23-15-11-21(12-16-23)19-7-3-1-4-8-19)27(35,36)29(39,40)30(41,42)28(37,38)26(33,34)24-17-13-22(14-18-24)20-9-5-2-6-10-20/h1-18H. The van der Waals surface area contributed by atoms with E-state index in [4.69, 9.17) is 0 Å². The molecule has 0 amide bonds. The third-order valence-corrected chi connectivity index (χ3v) is 6.68. The van der Waals surface area contributed by atoms with Crippen molar-refractivity contribution in [2.75, 3.05) is 0 Å². The summed E-state index contributed by atoms with van der Waals surface area (Å²) in [5, 5.41) is 0. The lowest BCUT2D eigenvalue weighted by atomic mass is 9.86. The van der Waals surface area contributed by atoms with Crippen LogP contribution in [0.25, 0.3) is 22.3 Å². The Morgan fingerprint density at radius 3 is 0.762 bits per heavy atom. The molecule has 4 rings (SSSR count). The Labute approximate surface area is 231 Å². The van der Waals surface area contributed by atoms with E-state index in [1.165, 1.54) is 48.5 Å². The first-order chi connectivity index (χ1) is 19.4. The molecule has 0 radical (unpaired) electrons. The molecular weight excluding hydrogens is 588 g/mol. The van der Waals surface area contributed by atoms with Crippen LogP contribution in [0.15, 0.2) is 109 Å². The van der Waals surface area contributed by atoms with Gasteiger partial charge in [-0.1, -0.05) is 109 Å². The molecular formula is C30H18F12. The molecule has 0 saturated carbocycles. The highest BCUT2D eigenvalue weighted by Crippen LogP contribution is 2.63. The molecule has 0 heterocycles. The summed E-state index contributed by atoms with van der Waals surface area (Å²) in [6.45, 7) is 0. The average Bonchev–Trinajstić information content (AvgIpc) is 2.97. The predicted octanol–water partition coefficient (Wildman–Crippen LogP) is 10.4. The van der Waals surface area contributed by atoms with Gasteiger partial charge in [-0.2, -0.15) is 52.7 Å². The van der Waals surface area contributed by atoms with Gasteiger partial charge in [0.1, 0.15) is 0 Å². The summed E-state index contributed by atoms with van der Waals surface area (Å²) in [5.41, 5.74) is -2.83. The van der Waals surface area contributed by atoms with Gasteiger partial charge >= 0.3 is 35.5 Å². The highest BCUT2D eigenvalue weighted by molar-refractivity contribution is 5.64. The summed E-state index contributed by atoms with van der Waals surface area (Å²) in [7, 11) is 0. The second-order valence-electron chi connectivity index (χ2n) is 9.33. The molecule has 4 aromatic rings. The number of hydrogen-bond donors (Lipinski definition) is 0. The van der Waals surface area contributed by atoms with Gasteiger partial charge in [0.25, 0.3) is 0 Å². The highest BCUT2D eigenvalue weighted by Gasteiger charge is 2.90. The van der Waals surface area contributed by atoms with Crippen LogP contribution in [0.5, 0.6) is 0 Å². The number of halogens is 12. The van der Waals surface area contributed by atoms with E-state index in [0.29, 0.717) is 11.1 Å². The van der Waals surface area contributed by atoms with Crippen molar-refractivity contribution in [3.8, 4) is 22.3 Å². The molecule has 0 bridgehead atoms. The third kappa shape index (κ3) is 4.70. The van der Waals surface area contributed by atoms with Gasteiger partial charge in [0, 0.05) is 11.1 Å². The molecule has 0 aliphatic carbocycles. The molecule has 0 fully saturated rings. The van der Waals surface area contributed by atoms with Crippen LogP contribution in [-0.2, 0) is 11.8 Å². The van der Waals surface area contributed by atoms with Gasteiger partial charge in [-0.3, -0.25) is 0 Å². The Balaban J connectivity index is 1.67. The molecule has 0 N–H and O–H groups in total. The maximum absolute atomic E-state index is 14.7. The van der Waals surface area contributed by atoms with E-state index in [1.54, 1.807) is 12.1 Å². The lowest BCUT2D eigenvalue weighted by Crippen LogP contribution is -2.69. The van der Waals surface area contributed by atoms with Crippen LogP contribution < -0.4 is 0 Å². The van der Waals surface area contributed by atoms with Crippen molar-refractivity contribution < 1.29 is 52.7 Å². The van der Waals surface area contributed by atoms with E-state index in [0.717, 1.165) is 24.3 Å². The van der Waals surface area contributed by atoms with Crippen LogP contribution in [0.2, 0.25) is 0 Å². The average molecular weight is 606 g/mol. The summed E-state index contributed by atoms with van der Waals surface area (Å²) < 4.78 is 175. The maximum Gasteiger partial charge on any atom is 0.385 e.